The average Bonchev–Trinajstić information content (AvgIpc) is 2.90. The molecule has 6 heteroatoms. The first-order valence-corrected chi connectivity index (χ1v) is 8.12. The van der Waals surface area contributed by atoms with Gasteiger partial charge in [-0.25, -0.2) is 0 Å². The standard InChI is InChI=1S/C15H20Cl2N4/c1-3-5-7-11(4-2)10-21-9-6-8-12(21)13-18-14(16)20-15(17)19-13/h6,8-9,11H,3-5,7,10H2,1-2H3. The number of hydrogen-bond donors (Lipinski definition) is 0. The van der Waals surface area contributed by atoms with Gasteiger partial charge in [0.2, 0.25) is 10.6 Å². The molecular weight excluding hydrogens is 307 g/mol. The van der Waals surface area contributed by atoms with E-state index in [1.165, 1.54) is 19.3 Å². The summed E-state index contributed by atoms with van der Waals surface area (Å²) in [6.07, 6.45) is 6.95. The van der Waals surface area contributed by atoms with E-state index < -0.39 is 0 Å². The molecule has 0 aliphatic rings. The molecule has 2 aromatic heterocycles. The molecule has 0 saturated heterocycles. The molecule has 0 N–H and O–H groups in total. The van der Waals surface area contributed by atoms with Crippen LogP contribution in [0.2, 0.25) is 10.6 Å². The van der Waals surface area contributed by atoms with Crippen LogP contribution in [0.5, 0.6) is 0 Å². The monoisotopic (exact) mass is 326 g/mol. The first-order chi connectivity index (χ1) is 10.1. The predicted octanol–water partition coefficient (Wildman–Crippen LogP) is 4.86. The van der Waals surface area contributed by atoms with E-state index in [0.29, 0.717) is 11.7 Å². The Morgan fingerprint density at radius 1 is 1.14 bits per heavy atom. The average molecular weight is 327 g/mol. The van der Waals surface area contributed by atoms with Gasteiger partial charge in [0, 0.05) is 12.7 Å². The van der Waals surface area contributed by atoms with Gasteiger partial charge in [-0.15, -0.1) is 0 Å². The Balaban J connectivity index is 2.21. The van der Waals surface area contributed by atoms with E-state index in [-0.39, 0.29) is 10.6 Å². The Bertz CT molecular complexity index is 563. The molecule has 0 aliphatic heterocycles. The number of hydrogen-bond acceptors (Lipinski definition) is 3. The lowest BCUT2D eigenvalue weighted by atomic mass is 9.99. The summed E-state index contributed by atoms with van der Waals surface area (Å²) in [4.78, 5) is 12.1. The maximum absolute atomic E-state index is 5.86. The largest absolute Gasteiger partial charge is 0.345 e. The summed E-state index contributed by atoms with van der Waals surface area (Å²) in [5, 5.41) is 0.242. The zero-order valence-corrected chi connectivity index (χ0v) is 13.9. The highest BCUT2D eigenvalue weighted by molar-refractivity contribution is 6.31. The van der Waals surface area contributed by atoms with Crippen LogP contribution in [0.4, 0.5) is 0 Å². The van der Waals surface area contributed by atoms with Crippen molar-refractivity contribution < 1.29 is 0 Å². The van der Waals surface area contributed by atoms with E-state index >= 15 is 0 Å². The maximum atomic E-state index is 5.86. The Hall–Kier alpha value is -1.13. The first-order valence-electron chi connectivity index (χ1n) is 7.36. The number of nitrogens with zero attached hydrogens (tertiary/aromatic N) is 4. The van der Waals surface area contributed by atoms with Crippen LogP contribution in [0.15, 0.2) is 18.3 Å². The molecule has 0 saturated carbocycles. The number of halogens is 2. The number of unbranched alkanes of at least 4 members (excludes halogenated alkanes) is 1. The predicted molar refractivity (Wildman–Crippen MR) is 86.6 cm³/mol. The van der Waals surface area contributed by atoms with Gasteiger partial charge in [0.25, 0.3) is 0 Å². The zero-order chi connectivity index (χ0) is 15.2. The Kier molecular flexibility index (Phi) is 6.00. The van der Waals surface area contributed by atoms with Gasteiger partial charge in [-0.3, -0.25) is 0 Å². The summed E-state index contributed by atoms with van der Waals surface area (Å²) in [6, 6.07) is 3.97. The highest BCUT2D eigenvalue weighted by atomic mass is 35.5. The van der Waals surface area contributed by atoms with Gasteiger partial charge >= 0.3 is 0 Å². The topological polar surface area (TPSA) is 43.6 Å². The molecule has 1 atom stereocenters. The van der Waals surface area contributed by atoms with Crippen molar-refractivity contribution >= 4 is 23.2 Å². The smallest absolute Gasteiger partial charge is 0.227 e. The van der Waals surface area contributed by atoms with Crippen molar-refractivity contribution in [1.82, 2.24) is 19.5 Å². The van der Waals surface area contributed by atoms with Crippen molar-refractivity contribution in [2.75, 3.05) is 0 Å². The van der Waals surface area contributed by atoms with E-state index in [9.17, 15) is 0 Å². The minimum Gasteiger partial charge on any atom is -0.345 e. The highest BCUT2D eigenvalue weighted by Gasteiger charge is 2.13. The van der Waals surface area contributed by atoms with Crippen LogP contribution < -0.4 is 0 Å². The molecule has 0 bridgehead atoms. The van der Waals surface area contributed by atoms with Crippen LogP contribution in [0.25, 0.3) is 11.5 Å². The lowest BCUT2D eigenvalue weighted by molar-refractivity contribution is 0.393. The van der Waals surface area contributed by atoms with Gasteiger partial charge in [0.1, 0.15) is 0 Å². The maximum Gasteiger partial charge on any atom is 0.227 e. The van der Waals surface area contributed by atoms with E-state index in [4.69, 9.17) is 23.2 Å². The fourth-order valence-corrected chi connectivity index (χ4v) is 2.78. The van der Waals surface area contributed by atoms with E-state index in [0.717, 1.165) is 18.7 Å². The summed E-state index contributed by atoms with van der Waals surface area (Å²) in [5.41, 5.74) is 0.927. The third kappa shape index (κ3) is 4.42. The summed E-state index contributed by atoms with van der Waals surface area (Å²) < 4.78 is 2.17. The molecule has 0 radical (unpaired) electrons. The Morgan fingerprint density at radius 3 is 2.48 bits per heavy atom. The van der Waals surface area contributed by atoms with Crippen molar-refractivity contribution in [2.45, 2.75) is 46.1 Å². The van der Waals surface area contributed by atoms with Crippen LogP contribution in [0.3, 0.4) is 0 Å². The number of aromatic nitrogens is 4. The Morgan fingerprint density at radius 2 is 1.86 bits per heavy atom. The first kappa shape index (κ1) is 16.2. The molecule has 114 valence electrons. The lowest BCUT2D eigenvalue weighted by Crippen LogP contribution is -2.11. The third-order valence-electron chi connectivity index (χ3n) is 3.64. The van der Waals surface area contributed by atoms with Gasteiger partial charge in [-0.2, -0.15) is 15.0 Å². The van der Waals surface area contributed by atoms with Crippen LogP contribution in [0, 0.1) is 5.92 Å². The van der Waals surface area contributed by atoms with Crippen molar-refractivity contribution in [3.63, 3.8) is 0 Å². The molecule has 2 rings (SSSR count). The van der Waals surface area contributed by atoms with E-state index in [1.54, 1.807) is 0 Å². The van der Waals surface area contributed by atoms with Gasteiger partial charge in [0.05, 0.1) is 5.69 Å². The molecular formula is C15H20Cl2N4. The molecule has 2 aromatic rings. The molecule has 0 fully saturated rings. The molecule has 1 unspecified atom stereocenters. The second-order valence-corrected chi connectivity index (χ2v) is 5.84. The molecule has 0 aliphatic carbocycles. The second-order valence-electron chi connectivity index (χ2n) is 5.16. The molecule has 0 amide bonds. The minimum atomic E-state index is 0.121. The summed E-state index contributed by atoms with van der Waals surface area (Å²) in [5.74, 6) is 1.18. The quantitative estimate of drug-likeness (QED) is 0.729. The van der Waals surface area contributed by atoms with Crippen molar-refractivity contribution in [1.29, 1.82) is 0 Å². The van der Waals surface area contributed by atoms with Gasteiger partial charge in [-0.05, 0) is 47.7 Å². The highest BCUT2D eigenvalue weighted by Crippen LogP contribution is 2.22. The normalized spacial score (nSPS) is 12.6. The zero-order valence-electron chi connectivity index (χ0n) is 12.4. The minimum absolute atomic E-state index is 0.121. The summed E-state index contributed by atoms with van der Waals surface area (Å²) in [7, 11) is 0. The number of rotatable bonds is 7. The molecule has 2 heterocycles. The second kappa shape index (κ2) is 7.76. The lowest BCUT2D eigenvalue weighted by Gasteiger charge is -2.17. The van der Waals surface area contributed by atoms with Crippen LogP contribution in [-0.2, 0) is 6.54 Å². The van der Waals surface area contributed by atoms with Crippen LogP contribution in [-0.4, -0.2) is 19.5 Å². The van der Waals surface area contributed by atoms with Crippen molar-refractivity contribution in [2.24, 2.45) is 5.92 Å². The van der Waals surface area contributed by atoms with Gasteiger partial charge < -0.3 is 4.57 Å². The fraction of sp³-hybridized carbons (Fsp3) is 0.533. The Labute approximate surface area is 135 Å². The van der Waals surface area contributed by atoms with Gasteiger partial charge in [0.15, 0.2) is 5.82 Å². The van der Waals surface area contributed by atoms with Crippen LogP contribution in [0.1, 0.15) is 39.5 Å². The van der Waals surface area contributed by atoms with E-state index in [2.05, 4.69) is 39.6 Å². The summed E-state index contributed by atoms with van der Waals surface area (Å²) >= 11 is 11.7. The molecule has 4 nitrogen and oxygen atoms in total. The third-order valence-corrected chi connectivity index (χ3v) is 3.98. The van der Waals surface area contributed by atoms with Crippen molar-refractivity contribution in [3.05, 3.63) is 28.9 Å². The molecule has 0 aromatic carbocycles. The fourth-order valence-electron chi connectivity index (χ4n) is 2.41. The van der Waals surface area contributed by atoms with Gasteiger partial charge in [-0.1, -0.05) is 33.1 Å². The van der Waals surface area contributed by atoms with Crippen LogP contribution >= 0.6 is 23.2 Å². The SMILES string of the molecule is CCCCC(CC)Cn1cccc1-c1nc(Cl)nc(Cl)n1. The molecule has 21 heavy (non-hydrogen) atoms. The van der Waals surface area contributed by atoms with E-state index in [1.807, 2.05) is 12.1 Å². The summed E-state index contributed by atoms with van der Waals surface area (Å²) in [6.45, 7) is 5.42. The molecule has 0 spiro atoms. The van der Waals surface area contributed by atoms with Crippen molar-refractivity contribution in [3.8, 4) is 11.5 Å².